The molecule has 5 aliphatic rings. The number of fused-ring (bicyclic) bond motifs is 5. The van der Waals surface area contributed by atoms with Crippen LogP contribution >= 0.6 is 28.4 Å². The van der Waals surface area contributed by atoms with E-state index in [-0.39, 0.29) is 28.3 Å². The van der Waals surface area contributed by atoms with Crippen LogP contribution in [0.15, 0.2) is 27.6 Å². The smallest absolute Gasteiger partial charge is 0.335 e. The number of carbonyl (C=O) groups excluding carboxylic acids is 1. The molecule has 2 heterocycles. The number of halogens is 1. The van der Waals surface area contributed by atoms with E-state index in [1.807, 2.05) is 18.0 Å². The first-order chi connectivity index (χ1) is 19.9. The van der Waals surface area contributed by atoms with Gasteiger partial charge in [0.25, 0.3) is 0 Å². The fourth-order valence-corrected chi connectivity index (χ4v) is 10.7. The van der Waals surface area contributed by atoms with Gasteiger partial charge in [0.15, 0.2) is 5.11 Å². The normalized spacial score (nSPS) is 39.8. The van der Waals surface area contributed by atoms with E-state index in [1.54, 1.807) is 10.2 Å². The highest BCUT2D eigenvalue weighted by molar-refractivity contribution is 9.07. The van der Waals surface area contributed by atoms with Crippen LogP contribution in [-0.4, -0.2) is 81.3 Å². The zero-order valence-electron chi connectivity index (χ0n) is 25.3. The fourth-order valence-electron chi connectivity index (χ4n) is 10.2. The van der Waals surface area contributed by atoms with Crippen molar-refractivity contribution >= 4 is 39.4 Å². The van der Waals surface area contributed by atoms with Crippen molar-refractivity contribution in [2.24, 2.45) is 28.6 Å². The predicted octanol–water partition coefficient (Wildman–Crippen LogP) is 4.51. The molecule has 5 fully saturated rings. The summed E-state index contributed by atoms with van der Waals surface area (Å²) in [5, 5.41) is 17.1. The van der Waals surface area contributed by atoms with Crippen LogP contribution in [0.4, 0.5) is 0 Å². The minimum atomic E-state index is -0.672. The minimum absolute atomic E-state index is 0.143. The lowest BCUT2D eigenvalue weighted by atomic mass is 9.43. The van der Waals surface area contributed by atoms with Crippen LogP contribution in [0.5, 0.6) is 0 Å². The van der Waals surface area contributed by atoms with Crippen LogP contribution in [-0.2, 0) is 4.79 Å². The second kappa shape index (κ2) is 11.5. The standard InChI is InChI=1S/C32H47BrN4O4S/c1-30-11-8-23(34-29(42)37-16-14-36(15-17-37)27(38)19-35(3)33)18-22(30)5-6-26-25(30)9-12-31(2)24(10-13-32(26,31)40)21-4-7-28(39)41-20-21/h4,7,20,22-26,40H,5-6,8-19H2,1-3H3,(H,34,42)/t22-,23+,24-,25+,26-,30+,31-,32+/m1/s1. The average molecular weight is 664 g/mol. The molecule has 4 saturated carbocycles. The first-order valence-electron chi connectivity index (χ1n) is 16.0. The molecule has 4 aliphatic carbocycles. The second-order valence-electron chi connectivity index (χ2n) is 14.4. The van der Waals surface area contributed by atoms with E-state index in [2.05, 4.69) is 40.2 Å². The third-order valence-corrected chi connectivity index (χ3v) is 13.2. The number of thiocarbonyl (C=S) groups is 1. The molecule has 0 bridgehead atoms. The average Bonchev–Trinajstić information content (AvgIpc) is 3.24. The molecular weight excluding hydrogens is 616 g/mol. The molecule has 42 heavy (non-hydrogen) atoms. The van der Waals surface area contributed by atoms with Crippen molar-refractivity contribution in [1.29, 1.82) is 0 Å². The van der Waals surface area contributed by atoms with E-state index in [1.165, 1.54) is 12.5 Å². The Hall–Kier alpha value is -1.49. The van der Waals surface area contributed by atoms with Crippen LogP contribution in [0.25, 0.3) is 0 Å². The van der Waals surface area contributed by atoms with Crippen LogP contribution < -0.4 is 10.9 Å². The summed E-state index contributed by atoms with van der Waals surface area (Å²) in [4.78, 5) is 28.2. The Morgan fingerprint density at radius 3 is 2.50 bits per heavy atom. The van der Waals surface area contributed by atoms with E-state index in [9.17, 15) is 14.7 Å². The Morgan fingerprint density at radius 1 is 1.07 bits per heavy atom. The molecule has 8 nitrogen and oxygen atoms in total. The Labute approximate surface area is 263 Å². The molecule has 1 amide bonds. The Bertz CT molecular complexity index is 1230. The number of amides is 1. The van der Waals surface area contributed by atoms with E-state index in [4.69, 9.17) is 16.6 Å². The number of rotatable bonds is 4. The topological polar surface area (TPSA) is 89.3 Å². The van der Waals surface area contributed by atoms with Crippen LogP contribution in [0.3, 0.4) is 0 Å². The van der Waals surface area contributed by atoms with Crippen LogP contribution in [0.2, 0.25) is 0 Å². The summed E-state index contributed by atoms with van der Waals surface area (Å²) in [7, 11) is 1.85. The molecule has 232 valence electrons. The van der Waals surface area contributed by atoms with Gasteiger partial charge in [0.2, 0.25) is 5.91 Å². The highest BCUT2D eigenvalue weighted by atomic mass is 79.9. The molecular formula is C32H47BrN4O4S. The number of hydrogen-bond donors (Lipinski definition) is 2. The fraction of sp³-hybridized carbons (Fsp3) is 0.781. The zero-order chi connectivity index (χ0) is 29.9. The van der Waals surface area contributed by atoms with Crippen molar-refractivity contribution in [3.05, 3.63) is 34.4 Å². The molecule has 6 rings (SSSR count). The van der Waals surface area contributed by atoms with Gasteiger partial charge in [-0.3, -0.25) is 4.79 Å². The quantitative estimate of drug-likeness (QED) is 0.360. The number of carbonyl (C=O) groups is 1. The first kappa shape index (κ1) is 30.5. The van der Waals surface area contributed by atoms with Crippen LogP contribution in [0.1, 0.15) is 83.1 Å². The van der Waals surface area contributed by atoms with Gasteiger partial charge in [-0.2, -0.15) is 0 Å². The number of nitrogens with zero attached hydrogens (tertiary/aromatic N) is 3. The summed E-state index contributed by atoms with van der Waals surface area (Å²) in [5.74, 6) is 1.87. The summed E-state index contributed by atoms with van der Waals surface area (Å²) in [6.45, 7) is 8.15. The van der Waals surface area contributed by atoms with Crippen molar-refractivity contribution in [2.45, 2.75) is 89.2 Å². The summed E-state index contributed by atoms with van der Waals surface area (Å²) >= 11 is 9.20. The number of aliphatic hydroxyl groups is 1. The predicted molar refractivity (Wildman–Crippen MR) is 170 cm³/mol. The lowest BCUT2D eigenvalue weighted by Crippen LogP contribution is -2.62. The summed E-state index contributed by atoms with van der Waals surface area (Å²) in [6, 6.07) is 3.83. The molecule has 10 heteroatoms. The molecule has 1 aromatic rings. The van der Waals surface area contributed by atoms with Gasteiger partial charge in [0, 0.05) is 59.8 Å². The van der Waals surface area contributed by atoms with Gasteiger partial charge in [0.1, 0.15) is 0 Å². The third kappa shape index (κ3) is 5.16. The first-order valence-corrected chi connectivity index (χ1v) is 17.1. The number of nitrogens with one attached hydrogen (secondary N) is 1. The molecule has 0 radical (unpaired) electrons. The Kier molecular flexibility index (Phi) is 8.33. The molecule has 0 unspecified atom stereocenters. The molecule has 8 atom stereocenters. The van der Waals surface area contributed by atoms with E-state index >= 15 is 0 Å². The second-order valence-corrected chi connectivity index (χ2v) is 16.0. The molecule has 0 aromatic carbocycles. The van der Waals surface area contributed by atoms with E-state index < -0.39 is 5.60 Å². The maximum atomic E-state index is 12.5. The summed E-state index contributed by atoms with van der Waals surface area (Å²) in [5.41, 5.74) is 0.126. The van der Waals surface area contributed by atoms with Crippen molar-refractivity contribution in [3.63, 3.8) is 0 Å². The van der Waals surface area contributed by atoms with Gasteiger partial charge in [-0.15, -0.1) is 0 Å². The lowest BCUT2D eigenvalue weighted by molar-refractivity contribution is -0.201. The van der Waals surface area contributed by atoms with E-state index in [0.29, 0.717) is 43.4 Å². The SMILES string of the molecule is CN(Br)CC(=O)N1CCN(C(=S)N[C@H]2CC[C@@]3(C)[C@H](CC[C@@H]4[C@@H]3CC[C@]3(C)[C@@H](c5ccc(=O)oc5)CC[C@]43O)C2)CC1. The molecule has 1 aliphatic heterocycles. The van der Waals surface area contributed by atoms with Crippen molar-refractivity contribution in [2.75, 3.05) is 39.8 Å². The lowest BCUT2D eigenvalue weighted by Gasteiger charge is -2.64. The van der Waals surface area contributed by atoms with Gasteiger partial charge < -0.3 is 24.6 Å². The minimum Gasteiger partial charge on any atom is -0.431 e. The van der Waals surface area contributed by atoms with Crippen molar-refractivity contribution in [3.8, 4) is 0 Å². The highest BCUT2D eigenvalue weighted by Gasteiger charge is 2.67. The maximum Gasteiger partial charge on any atom is 0.335 e. The highest BCUT2D eigenvalue weighted by Crippen LogP contribution is 2.70. The number of piperazine rings is 1. The summed E-state index contributed by atoms with van der Waals surface area (Å²) < 4.78 is 6.99. The summed E-state index contributed by atoms with van der Waals surface area (Å²) in [6.07, 6.45) is 11.3. The van der Waals surface area contributed by atoms with Crippen molar-refractivity contribution in [1.82, 2.24) is 19.0 Å². The number of likely N-dealkylation sites (N-methyl/N-ethyl adjacent to an activating group) is 1. The van der Waals surface area contributed by atoms with Gasteiger partial charge in [-0.05, 0) is 118 Å². The van der Waals surface area contributed by atoms with Crippen molar-refractivity contribution < 1.29 is 14.3 Å². The van der Waals surface area contributed by atoms with Gasteiger partial charge >= 0.3 is 5.63 Å². The largest absolute Gasteiger partial charge is 0.431 e. The third-order valence-electron chi connectivity index (χ3n) is 12.6. The zero-order valence-corrected chi connectivity index (χ0v) is 27.7. The van der Waals surface area contributed by atoms with Gasteiger partial charge in [0.05, 0.1) is 18.4 Å². The van der Waals surface area contributed by atoms with Gasteiger partial charge in [-0.25, -0.2) is 8.72 Å². The Balaban J connectivity index is 1.07. The Morgan fingerprint density at radius 2 is 1.81 bits per heavy atom. The number of hydrogen-bond acceptors (Lipinski definition) is 6. The van der Waals surface area contributed by atoms with Crippen LogP contribution in [0, 0.1) is 28.6 Å². The monoisotopic (exact) mass is 662 g/mol. The molecule has 0 spiro atoms. The van der Waals surface area contributed by atoms with E-state index in [0.717, 1.165) is 75.1 Å². The molecule has 1 aromatic heterocycles. The maximum absolute atomic E-state index is 12.5. The molecule has 2 N–H and O–H groups in total. The molecule has 1 saturated heterocycles. The van der Waals surface area contributed by atoms with Gasteiger partial charge in [-0.1, -0.05) is 13.8 Å².